The second-order valence-corrected chi connectivity index (χ2v) is 4.59. The number of amides is 1. The molecule has 1 aliphatic heterocycles. The van der Waals surface area contributed by atoms with Crippen molar-refractivity contribution in [2.24, 2.45) is 5.92 Å². The van der Waals surface area contributed by atoms with Crippen LogP contribution in [0.2, 0.25) is 0 Å². The lowest BCUT2D eigenvalue weighted by Crippen LogP contribution is -2.24. The highest BCUT2D eigenvalue weighted by Crippen LogP contribution is 2.29. The third kappa shape index (κ3) is 2.02. The van der Waals surface area contributed by atoms with E-state index in [-0.39, 0.29) is 11.7 Å². The van der Waals surface area contributed by atoms with Gasteiger partial charge in [-0.2, -0.15) is 12.6 Å². The normalized spacial score (nSPS) is 20.5. The summed E-state index contributed by atoms with van der Waals surface area (Å²) < 4.78 is 0. The number of carbonyl (C=O) groups is 1. The molecule has 0 radical (unpaired) electrons. The molecule has 1 saturated heterocycles. The van der Waals surface area contributed by atoms with Gasteiger partial charge >= 0.3 is 0 Å². The molecule has 0 bridgehead atoms. The molecule has 1 atom stereocenters. The highest BCUT2D eigenvalue weighted by Gasteiger charge is 2.29. The van der Waals surface area contributed by atoms with Crippen LogP contribution in [-0.4, -0.2) is 23.3 Å². The molecule has 1 fully saturated rings. The molecule has 1 aromatic rings. The van der Waals surface area contributed by atoms with Gasteiger partial charge in [0, 0.05) is 24.7 Å². The average molecular weight is 237 g/mol. The van der Waals surface area contributed by atoms with Gasteiger partial charge in [0.2, 0.25) is 5.91 Å². The summed E-state index contributed by atoms with van der Waals surface area (Å²) >= 11 is 4.22. The van der Waals surface area contributed by atoms with Gasteiger partial charge in [0.15, 0.2) is 0 Å². The number of hydrogen-bond acceptors (Lipinski definition) is 3. The Hall–Kier alpha value is -1.16. The predicted octanol–water partition coefficient (Wildman–Crippen LogP) is 1.98. The highest BCUT2D eigenvalue weighted by molar-refractivity contribution is 7.80. The number of hydrogen-bond donors (Lipinski definition) is 2. The number of benzene rings is 1. The van der Waals surface area contributed by atoms with Crippen LogP contribution in [0.3, 0.4) is 0 Å². The molecule has 1 heterocycles. The standard InChI is InChI=1S/C12H15NO2S/c1-8-2-3-10(5-11(8)14)13-6-9(7-16)4-12(13)15/h2-3,5,9,14,16H,4,6-7H2,1H3. The first-order valence-electron chi connectivity index (χ1n) is 5.32. The van der Waals surface area contributed by atoms with Crippen molar-refractivity contribution in [2.75, 3.05) is 17.2 Å². The molecule has 1 aliphatic rings. The summed E-state index contributed by atoms with van der Waals surface area (Å²) in [5.74, 6) is 1.39. The lowest BCUT2D eigenvalue weighted by molar-refractivity contribution is -0.117. The first-order valence-corrected chi connectivity index (χ1v) is 5.96. The average Bonchev–Trinajstić information content (AvgIpc) is 2.64. The first-order chi connectivity index (χ1) is 7.61. The summed E-state index contributed by atoms with van der Waals surface area (Å²) in [6.07, 6.45) is 0.554. The Labute approximate surface area is 100 Å². The molecule has 0 aromatic heterocycles. The van der Waals surface area contributed by atoms with E-state index in [2.05, 4.69) is 12.6 Å². The van der Waals surface area contributed by atoms with Crippen molar-refractivity contribution in [3.05, 3.63) is 23.8 Å². The van der Waals surface area contributed by atoms with Crippen LogP contribution in [-0.2, 0) is 4.79 Å². The molecule has 1 amide bonds. The monoisotopic (exact) mass is 237 g/mol. The lowest BCUT2D eigenvalue weighted by atomic mass is 10.1. The minimum absolute atomic E-state index is 0.113. The summed E-state index contributed by atoms with van der Waals surface area (Å²) in [4.78, 5) is 13.5. The third-order valence-electron chi connectivity index (χ3n) is 2.97. The molecule has 2 rings (SSSR count). The Morgan fingerprint density at radius 2 is 2.31 bits per heavy atom. The van der Waals surface area contributed by atoms with E-state index < -0.39 is 0 Å². The molecule has 4 heteroatoms. The van der Waals surface area contributed by atoms with Gasteiger partial charge in [-0.3, -0.25) is 4.79 Å². The first kappa shape index (κ1) is 11.3. The van der Waals surface area contributed by atoms with Gasteiger partial charge in [0.05, 0.1) is 0 Å². The van der Waals surface area contributed by atoms with Crippen LogP contribution >= 0.6 is 12.6 Å². The van der Waals surface area contributed by atoms with Gasteiger partial charge in [-0.15, -0.1) is 0 Å². The van der Waals surface area contributed by atoms with Crippen molar-refractivity contribution in [3.63, 3.8) is 0 Å². The van der Waals surface area contributed by atoms with E-state index >= 15 is 0 Å². The SMILES string of the molecule is Cc1ccc(N2CC(CS)CC2=O)cc1O. The summed E-state index contributed by atoms with van der Waals surface area (Å²) in [6.45, 7) is 2.53. The second-order valence-electron chi connectivity index (χ2n) is 4.23. The summed E-state index contributed by atoms with van der Waals surface area (Å²) in [5.41, 5.74) is 1.60. The Morgan fingerprint density at radius 3 is 2.88 bits per heavy atom. The number of thiol groups is 1. The van der Waals surface area contributed by atoms with Crippen molar-refractivity contribution in [1.29, 1.82) is 0 Å². The molecule has 1 N–H and O–H groups in total. The Kier molecular flexibility index (Phi) is 3.10. The van der Waals surface area contributed by atoms with Crippen LogP contribution in [0.25, 0.3) is 0 Å². The summed E-state index contributed by atoms with van der Waals surface area (Å²) in [7, 11) is 0. The van der Waals surface area contributed by atoms with Gasteiger partial charge in [-0.25, -0.2) is 0 Å². The third-order valence-corrected chi connectivity index (χ3v) is 3.48. The number of phenols is 1. The fourth-order valence-electron chi connectivity index (χ4n) is 1.92. The van der Waals surface area contributed by atoms with Gasteiger partial charge < -0.3 is 10.0 Å². The number of aromatic hydroxyl groups is 1. The van der Waals surface area contributed by atoms with Gasteiger partial charge in [0.1, 0.15) is 5.75 Å². The van der Waals surface area contributed by atoms with Gasteiger partial charge in [0.25, 0.3) is 0 Å². The van der Waals surface area contributed by atoms with E-state index in [0.29, 0.717) is 18.9 Å². The number of rotatable bonds is 2. The molecular formula is C12H15NO2S. The van der Waals surface area contributed by atoms with E-state index in [9.17, 15) is 9.90 Å². The molecule has 1 aromatic carbocycles. The molecule has 86 valence electrons. The van der Waals surface area contributed by atoms with Crippen LogP contribution in [0.5, 0.6) is 5.75 Å². The van der Waals surface area contributed by atoms with Crippen LogP contribution in [0.4, 0.5) is 5.69 Å². The Bertz CT molecular complexity index is 419. The van der Waals surface area contributed by atoms with E-state index in [1.165, 1.54) is 0 Å². The van der Waals surface area contributed by atoms with E-state index in [1.54, 1.807) is 11.0 Å². The highest BCUT2D eigenvalue weighted by atomic mass is 32.1. The topological polar surface area (TPSA) is 40.5 Å². The number of anilines is 1. The maximum absolute atomic E-state index is 11.8. The zero-order valence-corrected chi connectivity index (χ0v) is 10.1. The molecule has 0 aliphatic carbocycles. The van der Waals surface area contributed by atoms with Crippen molar-refractivity contribution < 1.29 is 9.90 Å². The predicted molar refractivity (Wildman–Crippen MR) is 67.2 cm³/mol. The number of nitrogens with zero attached hydrogens (tertiary/aromatic N) is 1. The minimum atomic E-state index is 0.113. The number of carbonyl (C=O) groups excluding carboxylic acids is 1. The quantitative estimate of drug-likeness (QED) is 0.772. The zero-order chi connectivity index (χ0) is 11.7. The second kappa shape index (κ2) is 4.37. The van der Waals surface area contributed by atoms with E-state index in [0.717, 1.165) is 17.0 Å². The number of aryl methyl sites for hydroxylation is 1. The van der Waals surface area contributed by atoms with Crippen LogP contribution in [0.15, 0.2) is 18.2 Å². The van der Waals surface area contributed by atoms with Crippen molar-refractivity contribution in [3.8, 4) is 5.75 Å². The van der Waals surface area contributed by atoms with E-state index in [4.69, 9.17) is 0 Å². The fraction of sp³-hybridized carbons (Fsp3) is 0.417. The maximum atomic E-state index is 11.8. The largest absolute Gasteiger partial charge is 0.508 e. The van der Waals surface area contributed by atoms with Crippen molar-refractivity contribution >= 4 is 24.2 Å². The van der Waals surface area contributed by atoms with Crippen LogP contribution < -0.4 is 4.90 Å². The fourth-order valence-corrected chi connectivity index (χ4v) is 2.16. The van der Waals surface area contributed by atoms with Gasteiger partial charge in [-0.05, 0) is 30.2 Å². The molecular weight excluding hydrogens is 222 g/mol. The smallest absolute Gasteiger partial charge is 0.227 e. The zero-order valence-electron chi connectivity index (χ0n) is 9.18. The molecule has 0 spiro atoms. The summed E-state index contributed by atoms with van der Waals surface area (Å²) in [5, 5.41) is 9.62. The van der Waals surface area contributed by atoms with Crippen LogP contribution in [0.1, 0.15) is 12.0 Å². The number of phenolic OH excluding ortho intramolecular Hbond substituents is 1. The summed E-state index contributed by atoms with van der Waals surface area (Å²) in [6, 6.07) is 5.34. The Balaban J connectivity index is 2.24. The van der Waals surface area contributed by atoms with Crippen molar-refractivity contribution in [1.82, 2.24) is 0 Å². The molecule has 3 nitrogen and oxygen atoms in total. The van der Waals surface area contributed by atoms with Crippen LogP contribution in [0, 0.1) is 12.8 Å². The molecule has 0 saturated carbocycles. The maximum Gasteiger partial charge on any atom is 0.227 e. The van der Waals surface area contributed by atoms with Gasteiger partial charge in [-0.1, -0.05) is 6.07 Å². The molecule has 1 unspecified atom stereocenters. The minimum Gasteiger partial charge on any atom is -0.508 e. The van der Waals surface area contributed by atoms with E-state index in [1.807, 2.05) is 19.1 Å². The Morgan fingerprint density at radius 1 is 1.56 bits per heavy atom. The molecule has 16 heavy (non-hydrogen) atoms. The lowest BCUT2D eigenvalue weighted by Gasteiger charge is -2.17. The van der Waals surface area contributed by atoms with Crippen molar-refractivity contribution in [2.45, 2.75) is 13.3 Å².